The van der Waals surface area contributed by atoms with Crippen molar-refractivity contribution in [2.24, 2.45) is 0 Å². The lowest BCUT2D eigenvalue weighted by Crippen LogP contribution is -2.28. The van der Waals surface area contributed by atoms with Crippen LogP contribution in [0, 0.1) is 13.8 Å². The van der Waals surface area contributed by atoms with E-state index in [1.165, 1.54) is 0 Å². The summed E-state index contributed by atoms with van der Waals surface area (Å²) in [6.07, 6.45) is 0. The van der Waals surface area contributed by atoms with Gasteiger partial charge in [0.15, 0.2) is 0 Å². The average Bonchev–Trinajstić information content (AvgIpc) is 2.27. The molecule has 0 aliphatic heterocycles. The number of hydrogen-bond donors (Lipinski definition) is 0. The fraction of sp³-hybridized carbons (Fsp3) is 0.571. The van der Waals surface area contributed by atoms with Crippen LogP contribution in [0.5, 0.6) is 5.75 Å². The molecular weight excluding hydrogens is 234 g/mol. The maximum absolute atomic E-state index is 5.99. The second-order valence-corrected chi connectivity index (χ2v) is 4.68. The summed E-state index contributed by atoms with van der Waals surface area (Å²) in [5.41, 5.74) is 2.21. The van der Waals surface area contributed by atoms with E-state index in [0.717, 1.165) is 48.1 Å². The van der Waals surface area contributed by atoms with Crippen molar-refractivity contribution >= 4 is 11.6 Å². The fourth-order valence-corrected chi connectivity index (χ4v) is 2.27. The number of nitrogens with zero attached hydrogens (tertiary/aromatic N) is 1. The average molecular weight is 256 g/mol. The van der Waals surface area contributed by atoms with E-state index in [2.05, 4.69) is 18.7 Å². The standard InChI is InChI=1S/C14H22ClNO/c1-5-16(6-2)7-8-17-14-11(3)9-13(15)10-12(14)4/h9-10H,5-8H2,1-4H3. The van der Waals surface area contributed by atoms with E-state index >= 15 is 0 Å². The highest BCUT2D eigenvalue weighted by atomic mass is 35.5. The zero-order chi connectivity index (χ0) is 12.8. The first-order valence-corrected chi connectivity index (χ1v) is 6.58. The van der Waals surface area contributed by atoms with E-state index in [4.69, 9.17) is 16.3 Å². The van der Waals surface area contributed by atoms with Gasteiger partial charge in [0.05, 0.1) is 0 Å². The molecule has 0 aliphatic rings. The zero-order valence-corrected chi connectivity index (χ0v) is 12.0. The van der Waals surface area contributed by atoms with Crippen LogP contribution in [0.15, 0.2) is 12.1 Å². The molecule has 0 aliphatic carbocycles. The van der Waals surface area contributed by atoms with Crippen LogP contribution in [0.2, 0.25) is 5.02 Å². The van der Waals surface area contributed by atoms with Crippen molar-refractivity contribution in [1.82, 2.24) is 4.90 Å². The molecule has 0 unspecified atom stereocenters. The van der Waals surface area contributed by atoms with Gasteiger partial charge in [-0.2, -0.15) is 0 Å². The molecule has 0 heterocycles. The summed E-state index contributed by atoms with van der Waals surface area (Å²) in [4.78, 5) is 2.35. The summed E-state index contributed by atoms with van der Waals surface area (Å²) in [5.74, 6) is 0.974. The molecule has 1 aromatic carbocycles. The minimum absolute atomic E-state index is 0.727. The molecule has 1 aromatic rings. The third-order valence-electron chi connectivity index (χ3n) is 2.97. The van der Waals surface area contributed by atoms with Crippen LogP contribution >= 0.6 is 11.6 Å². The molecule has 0 amide bonds. The number of ether oxygens (including phenoxy) is 1. The number of hydrogen-bond acceptors (Lipinski definition) is 2. The Bertz CT molecular complexity index is 338. The smallest absolute Gasteiger partial charge is 0.125 e. The first kappa shape index (κ1) is 14.3. The van der Waals surface area contributed by atoms with E-state index in [1.54, 1.807) is 0 Å². The highest BCUT2D eigenvalue weighted by molar-refractivity contribution is 6.30. The molecule has 0 saturated heterocycles. The summed E-state index contributed by atoms with van der Waals surface area (Å²) >= 11 is 5.99. The Balaban J connectivity index is 2.58. The minimum Gasteiger partial charge on any atom is -0.492 e. The van der Waals surface area contributed by atoms with Gasteiger partial charge in [-0.05, 0) is 50.2 Å². The summed E-state index contributed by atoms with van der Waals surface area (Å²) in [6.45, 7) is 12.2. The molecule has 2 nitrogen and oxygen atoms in total. The first-order chi connectivity index (χ1) is 8.08. The maximum atomic E-state index is 5.99. The van der Waals surface area contributed by atoms with Gasteiger partial charge in [0.25, 0.3) is 0 Å². The Labute approximate surface area is 110 Å². The van der Waals surface area contributed by atoms with Crippen LogP contribution < -0.4 is 4.74 Å². The molecule has 96 valence electrons. The van der Waals surface area contributed by atoms with Crippen LogP contribution in [0.1, 0.15) is 25.0 Å². The monoisotopic (exact) mass is 255 g/mol. The van der Waals surface area contributed by atoms with Crippen molar-refractivity contribution in [2.45, 2.75) is 27.7 Å². The largest absolute Gasteiger partial charge is 0.492 e. The summed E-state index contributed by atoms with van der Waals surface area (Å²) in [5, 5.41) is 0.774. The van der Waals surface area contributed by atoms with E-state index in [0.29, 0.717) is 0 Å². The lowest BCUT2D eigenvalue weighted by Gasteiger charge is -2.19. The molecule has 17 heavy (non-hydrogen) atoms. The quantitative estimate of drug-likeness (QED) is 0.769. The highest BCUT2D eigenvalue weighted by Gasteiger charge is 2.06. The van der Waals surface area contributed by atoms with Crippen molar-refractivity contribution in [3.63, 3.8) is 0 Å². The van der Waals surface area contributed by atoms with Gasteiger partial charge in [0.1, 0.15) is 12.4 Å². The van der Waals surface area contributed by atoms with Crippen molar-refractivity contribution in [3.05, 3.63) is 28.3 Å². The van der Waals surface area contributed by atoms with Crippen molar-refractivity contribution < 1.29 is 4.74 Å². The predicted octanol–water partition coefficient (Wildman–Crippen LogP) is 3.68. The number of benzene rings is 1. The number of halogens is 1. The molecule has 0 fully saturated rings. The Kier molecular flexibility index (Phi) is 5.79. The Morgan fingerprint density at radius 1 is 1.12 bits per heavy atom. The third-order valence-corrected chi connectivity index (χ3v) is 3.19. The van der Waals surface area contributed by atoms with Crippen LogP contribution in [0.25, 0.3) is 0 Å². The zero-order valence-electron chi connectivity index (χ0n) is 11.2. The Hall–Kier alpha value is -0.730. The fourth-order valence-electron chi connectivity index (χ4n) is 1.94. The minimum atomic E-state index is 0.727. The van der Waals surface area contributed by atoms with Gasteiger partial charge in [-0.1, -0.05) is 25.4 Å². The number of aryl methyl sites for hydroxylation is 2. The molecule has 0 radical (unpaired) electrons. The van der Waals surface area contributed by atoms with Gasteiger partial charge in [-0.3, -0.25) is 0 Å². The summed E-state index contributed by atoms with van der Waals surface area (Å²) in [6, 6.07) is 3.89. The molecule has 0 spiro atoms. The highest BCUT2D eigenvalue weighted by Crippen LogP contribution is 2.26. The summed E-state index contributed by atoms with van der Waals surface area (Å²) in [7, 11) is 0. The van der Waals surface area contributed by atoms with Crippen LogP contribution in [-0.4, -0.2) is 31.1 Å². The molecule has 0 saturated carbocycles. The van der Waals surface area contributed by atoms with E-state index in [-0.39, 0.29) is 0 Å². The second-order valence-electron chi connectivity index (χ2n) is 4.24. The SMILES string of the molecule is CCN(CC)CCOc1c(C)cc(Cl)cc1C. The maximum Gasteiger partial charge on any atom is 0.125 e. The van der Waals surface area contributed by atoms with Gasteiger partial charge in [0.2, 0.25) is 0 Å². The first-order valence-electron chi connectivity index (χ1n) is 6.20. The molecular formula is C14H22ClNO. The molecule has 1 rings (SSSR count). The van der Waals surface area contributed by atoms with Gasteiger partial charge >= 0.3 is 0 Å². The lowest BCUT2D eigenvalue weighted by molar-refractivity contribution is 0.221. The predicted molar refractivity (Wildman–Crippen MR) is 74.2 cm³/mol. The van der Waals surface area contributed by atoms with Gasteiger partial charge in [-0.25, -0.2) is 0 Å². The van der Waals surface area contributed by atoms with Crippen LogP contribution in [0.4, 0.5) is 0 Å². The van der Waals surface area contributed by atoms with E-state index < -0.39 is 0 Å². The Morgan fingerprint density at radius 2 is 1.65 bits per heavy atom. The topological polar surface area (TPSA) is 12.5 Å². The van der Waals surface area contributed by atoms with Gasteiger partial charge in [-0.15, -0.1) is 0 Å². The third kappa shape index (κ3) is 4.21. The molecule has 3 heteroatoms. The van der Waals surface area contributed by atoms with Gasteiger partial charge in [0, 0.05) is 11.6 Å². The van der Waals surface area contributed by atoms with Crippen LogP contribution in [-0.2, 0) is 0 Å². The molecule has 0 aromatic heterocycles. The van der Waals surface area contributed by atoms with E-state index in [9.17, 15) is 0 Å². The van der Waals surface area contributed by atoms with Gasteiger partial charge < -0.3 is 9.64 Å². The normalized spacial score (nSPS) is 10.9. The lowest BCUT2D eigenvalue weighted by atomic mass is 10.1. The second kappa shape index (κ2) is 6.87. The molecule has 0 bridgehead atoms. The van der Waals surface area contributed by atoms with E-state index in [1.807, 2.05) is 26.0 Å². The number of likely N-dealkylation sites (N-methyl/N-ethyl adjacent to an activating group) is 1. The number of rotatable bonds is 6. The van der Waals surface area contributed by atoms with Crippen LogP contribution in [0.3, 0.4) is 0 Å². The Morgan fingerprint density at radius 3 is 2.12 bits per heavy atom. The summed E-state index contributed by atoms with van der Waals surface area (Å²) < 4.78 is 5.86. The van der Waals surface area contributed by atoms with Crippen molar-refractivity contribution in [3.8, 4) is 5.75 Å². The molecule has 0 N–H and O–H groups in total. The molecule has 0 atom stereocenters. The van der Waals surface area contributed by atoms with Crippen molar-refractivity contribution in [2.75, 3.05) is 26.2 Å². The van der Waals surface area contributed by atoms with Crippen molar-refractivity contribution in [1.29, 1.82) is 0 Å².